The number of anilines is 1. The quantitative estimate of drug-likeness (QED) is 0.307. The highest BCUT2D eigenvalue weighted by atomic mass is 16.6. The Balaban J connectivity index is 0.944. The number of benzene rings is 2. The van der Waals surface area contributed by atoms with Crippen LogP contribution in [0.5, 0.6) is 11.5 Å². The molecule has 1 amide bonds. The van der Waals surface area contributed by atoms with Crippen LogP contribution in [0.25, 0.3) is 22.3 Å². The summed E-state index contributed by atoms with van der Waals surface area (Å²) in [5.41, 5.74) is 8.49. The van der Waals surface area contributed by atoms with Crippen LogP contribution >= 0.6 is 0 Å². The van der Waals surface area contributed by atoms with Gasteiger partial charge in [0.25, 0.3) is 0 Å². The normalized spacial score (nSPS) is 19.0. The molecule has 2 aromatic carbocycles. The highest BCUT2D eigenvalue weighted by Gasteiger charge is 2.39. The largest absolute Gasteiger partial charge is 0.457 e. The number of amides is 1. The fraction of sp³-hybridized carbons (Fsp3) is 0.471. The lowest BCUT2D eigenvalue weighted by atomic mass is 9.95. The summed E-state index contributed by atoms with van der Waals surface area (Å²) < 4.78 is 13.6. The summed E-state index contributed by atoms with van der Waals surface area (Å²) in [5.74, 6) is 2.53. The van der Waals surface area contributed by atoms with E-state index in [4.69, 9.17) is 20.3 Å². The zero-order chi connectivity index (χ0) is 31.1. The number of hydrogen-bond donors (Lipinski definition) is 1. The number of nitrogens with two attached hydrogens (primary N) is 1. The minimum absolute atomic E-state index is 0.194. The van der Waals surface area contributed by atoms with Gasteiger partial charge in [-0.3, -0.25) is 9.80 Å². The van der Waals surface area contributed by atoms with Crippen LogP contribution in [0.1, 0.15) is 39.7 Å². The van der Waals surface area contributed by atoms with E-state index in [1.54, 1.807) is 0 Å². The third kappa shape index (κ3) is 6.32. The Morgan fingerprint density at radius 2 is 1.60 bits per heavy atom. The Labute approximate surface area is 263 Å². The summed E-state index contributed by atoms with van der Waals surface area (Å²) in [6, 6.07) is 18.5. The molecule has 0 aliphatic carbocycles. The number of piperidine rings is 1. The van der Waals surface area contributed by atoms with Crippen LogP contribution in [0.4, 0.5) is 10.6 Å². The Morgan fingerprint density at radius 1 is 0.911 bits per heavy atom. The maximum atomic E-state index is 12.2. The van der Waals surface area contributed by atoms with Crippen LogP contribution in [0.2, 0.25) is 0 Å². The number of aromatic nitrogens is 4. The summed E-state index contributed by atoms with van der Waals surface area (Å²) in [4.78, 5) is 28.1. The lowest BCUT2D eigenvalue weighted by molar-refractivity contribution is -0.0285. The standard InChI is InChI=1S/C34H42N8O3/c1-34(2,3)45-33(43)41-18-23(19-41)17-39-20-26(21-39)40-15-13-25(14-16-40)42-32-29(31(35)36-22-37-32)30(38-42)24-9-11-28(12-10-24)44-27-7-5-4-6-8-27/h4-12,22-23,25-26H,13-21H2,1-3H3,(H2,35,36,37). The van der Waals surface area contributed by atoms with Crippen LogP contribution in [-0.2, 0) is 4.74 Å². The zero-order valence-corrected chi connectivity index (χ0v) is 26.3. The average molecular weight is 611 g/mol. The van der Waals surface area contributed by atoms with Crippen molar-refractivity contribution >= 4 is 22.9 Å². The summed E-state index contributed by atoms with van der Waals surface area (Å²) in [5, 5.41) is 5.89. The third-order valence-corrected chi connectivity index (χ3v) is 9.05. The second-order valence-corrected chi connectivity index (χ2v) is 13.6. The van der Waals surface area contributed by atoms with E-state index in [0.29, 0.717) is 17.8 Å². The number of carbonyl (C=O) groups is 1. The van der Waals surface area contributed by atoms with Crippen molar-refractivity contribution in [3.05, 3.63) is 60.9 Å². The molecule has 0 unspecified atom stereocenters. The highest BCUT2D eigenvalue weighted by Crippen LogP contribution is 2.36. The molecule has 0 bridgehead atoms. The predicted molar refractivity (Wildman–Crippen MR) is 173 cm³/mol. The number of hydrogen-bond acceptors (Lipinski definition) is 9. The van der Waals surface area contributed by atoms with Gasteiger partial charge in [-0.2, -0.15) is 5.10 Å². The minimum atomic E-state index is -0.445. The number of nitrogens with zero attached hydrogens (tertiary/aromatic N) is 7. The SMILES string of the molecule is CC(C)(C)OC(=O)N1CC(CN2CC(N3CCC(n4nc(-c5ccc(Oc6ccccc6)cc5)c5c(N)ncnc54)CC3)C2)C1. The number of fused-ring (bicyclic) bond motifs is 1. The molecule has 2 aromatic heterocycles. The average Bonchev–Trinajstić information content (AvgIpc) is 3.37. The number of rotatable bonds is 7. The molecule has 2 N–H and O–H groups in total. The van der Waals surface area contributed by atoms with Gasteiger partial charge in [-0.1, -0.05) is 18.2 Å². The first-order chi connectivity index (χ1) is 21.7. The van der Waals surface area contributed by atoms with E-state index in [9.17, 15) is 4.79 Å². The van der Waals surface area contributed by atoms with Crippen molar-refractivity contribution in [3.8, 4) is 22.8 Å². The van der Waals surface area contributed by atoms with Crippen molar-refractivity contribution in [1.82, 2.24) is 34.4 Å². The topological polar surface area (TPSA) is 115 Å². The maximum absolute atomic E-state index is 12.2. The first kappa shape index (κ1) is 29.5. The fourth-order valence-corrected chi connectivity index (χ4v) is 6.70. The number of ether oxygens (including phenoxy) is 2. The van der Waals surface area contributed by atoms with Crippen LogP contribution < -0.4 is 10.5 Å². The van der Waals surface area contributed by atoms with Crippen LogP contribution in [0.15, 0.2) is 60.9 Å². The molecule has 3 aliphatic rings. The first-order valence-corrected chi connectivity index (χ1v) is 16.0. The van der Waals surface area contributed by atoms with Gasteiger partial charge in [0.2, 0.25) is 0 Å². The van der Waals surface area contributed by atoms with E-state index >= 15 is 0 Å². The van der Waals surface area contributed by atoms with Crippen molar-refractivity contribution in [2.24, 2.45) is 5.92 Å². The second kappa shape index (κ2) is 11.9. The molecule has 5 heterocycles. The van der Waals surface area contributed by atoms with Crippen molar-refractivity contribution < 1.29 is 14.3 Å². The van der Waals surface area contributed by atoms with E-state index in [1.807, 2.05) is 80.3 Å². The number of nitrogen functional groups attached to an aromatic ring is 1. The van der Waals surface area contributed by atoms with E-state index in [2.05, 4.69) is 24.4 Å². The van der Waals surface area contributed by atoms with Gasteiger partial charge in [0.05, 0.1) is 11.4 Å². The lowest BCUT2D eigenvalue weighted by Crippen LogP contribution is -2.64. The monoisotopic (exact) mass is 610 g/mol. The Morgan fingerprint density at radius 3 is 2.29 bits per heavy atom. The highest BCUT2D eigenvalue weighted by molar-refractivity contribution is 5.98. The van der Waals surface area contributed by atoms with Crippen molar-refractivity contribution in [2.75, 3.05) is 51.5 Å². The second-order valence-electron chi connectivity index (χ2n) is 13.6. The summed E-state index contributed by atoms with van der Waals surface area (Å²) >= 11 is 0. The van der Waals surface area contributed by atoms with Crippen LogP contribution in [-0.4, -0.2) is 98.0 Å². The van der Waals surface area contributed by atoms with Gasteiger partial charge in [0, 0.05) is 63.3 Å². The number of likely N-dealkylation sites (tertiary alicyclic amines) is 3. The maximum Gasteiger partial charge on any atom is 0.410 e. The zero-order valence-electron chi connectivity index (χ0n) is 26.3. The van der Waals surface area contributed by atoms with Gasteiger partial charge in [-0.05, 0) is 70.0 Å². The third-order valence-electron chi connectivity index (χ3n) is 9.05. The molecule has 236 valence electrons. The Kier molecular flexibility index (Phi) is 7.83. The van der Waals surface area contributed by atoms with Crippen LogP contribution in [0, 0.1) is 5.92 Å². The molecular formula is C34H42N8O3. The fourth-order valence-electron chi connectivity index (χ4n) is 6.70. The molecule has 3 aliphatic heterocycles. The van der Waals surface area contributed by atoms with Crippen molar-refractivity contribution in [3.63, 3.8) is 0 Å². The molecule has 0 spiro atoms. The molecule has 3 fully saturated rings. The van der Waals surface area contributed by atoms with Crippen molar-refractivity contribution in [1.29, 1.82) is 0 Å². The molecule has 4 aromatic rings. The molecule has 0 radical (unpaired) electrons. The van der Waals surface area contributed by atoms with Gasteiger partial charge in [0.15, 0.2) is 5.65 Å². The van der Waals surface area contributed by atoms with Gasteiger partial charge in [-0.25, -0.2) is 19.4 Å². The van der Waals surface area contributed by atoms with Crippen molar-refractivity contribution in [2.45, 2.75) is 51.3 Å². The predicted octanol–water partition coefficient (Wildman–Crippen LogP) is 5.06. The van der Waals surface area contributed by atoms with Crippen LogP contribution in [0.3, 0.4) is 0 Å². The molecule has 11 heteroatoms. The Hall–Kier alpha value is -4.22. The molecule has 11 nitrogen and oxygen atoms in total. The van der Waals surface area contributed by atoms with Gasteiger partial charge < -0.3 is 20.1 Å². The summed E-state index contributed by atoms with van der Waals surface area (Å²) in [7, 11) is 0. The van der Waals surface area contributed by atoms with E-state index < -0.39 is 5.60 Å². The number of para-hydroxylation sites is 1. The summed E-state index contributed by atoms with van der Waals surface area (Å²) in [6.45, 7) is 12.6. The first-order valence-electron chi connectivity index (χ1n) is 16.0. The minimum Gasteiger partial charge on any atom is -0.457 e. The van der Waals surface area contributed by atoms with E-state index in [1.165, 1.54) is 6.33 Å². The lowest BCUT2D eigenvalue weighted by Gasteiger charge is -2.50. The smallest absolute Gasteiger partial charge is 0.410 e. The molecular weight excluding hydrogens is 568 g/mol. The van der Waals surface area contributed by atoms with Gasteiger partial charge >= 0.3 is 6.09 Å². The summed E-state index contributed by atoms with van der Waals surface area (Å²) in [6.07, 6.45) is 3.35. The molecule has 45 heavy (non-hydrogen) atoms. The van der Waals surface area contributed by atoms with E-state index in [0.717, 1.165) is 92.4 Å². The molecule has 0 atom stereocenters. The van der Waals surface area contributed by atoms with Gasteiger partial charge in [-0.15, -0.1) is 0 Å². The molecule has 0 saturated carbocycles. The Bertz CT molecular complexity index is 1630. The molecule has 3 saturated heterocycles. The van der Waals surface area contributed by atoms with E-state index in [-0.39, 0.29) is 12.1 Å². The molecule has 7 rings (SSSR count). The van der Waals surface area contributed by atoms with Gasteiger partial charge in [0.1, 0.15) is 34.9 Å². The number of carbonyl (C=O) groups excluding carboxylic acids is 1.